The summed E-state index contributed by atoms with van der Waals surface area (Å²) in [5.41, 5.74) is 2.32. The van der Waals surface area contributed by atoms with Crippen LogP contribution in [0, 0.1) is 0 Å². The molecule has 3 heteroatoms. The fourth-order valence-corrected chi connectivity index (χ4v) is 2.24. The standard InChI is InChI=1S/C12H14ClNO/c1-8-11-7-10(13)4-3-9(11)5-6-14(2)12(8)15/h3-4,7-8H,5-6H2,1-2H3. The van der Waals surface area contributed by atoms with Crippen LogP contribution in [0.3, 0.4) is 0 Å². The topological polar surface area (TPSA) is 20.3 Å². The van der Waals surface area contributed by atoms with Crippen LogP contribution < -0.4 is 0 Å². The van der Waals surface area contributed by atoms with Gasteiger partial charge in [-0.1, -0.05) is 17.7 Å². The van der Waals surface area contributed by atoms with Crippen molar-refractivity contribution in [2.75, 3.05) is 13.6 Å². The van der Waals surface area contributed by atoms with Gasteiger partial charge in [0.25, 0.3) is 0 Å². The van der Waals surface area contributed by atoms with Crippen molar-refractivity contribution in [2.24, 2.45) is 0 Å². The Morgan fingerprint density at radius 3 is 2.93 bits per heavy atom. The maximum Gasteiger partial charge on any atom is 0.229 e. The van der Waals surface area contributed by atoms with Gasteiger partial charge in [0, 0.05) is 18.6 Å². The highest BCUT2D eigenvalue weighted by Gasteiger charge is 2.25. The van der Waals surface area contributed by atoms with E-state index in [2.05, 4.69) is 0 Å². The van der Waals surface area contributed by atoms with E-state index in [0.717, 1.165) is 18.5 Å². The van der Waals surface area contributed by atoms with E-state index in [1.807, 2.05) is 32.2 Å². The molecule has 0 radical (unpaired) electrons. The van der Waals surface area contributed by atoms with Crippen molar-refractivity contribution in [1.29, 1.82) is 0 Å². The Labute approximate surface area is 94.8 Å². The molecule has 0 aromatic heterocycles. The molecular weight excluding hydrogens is 210 g/mol. The molecule has 0 spiro atoms. The predicted octanol–water partition coefficient (Wildman–Crippen LogP) is 2.46. The summed E-state index contributed by atoms with van der Waals surface area (Å²) in [5, 5.41) is 0.706. The first-order chi connectivity index (χ1) is 7.09. The molecule has 1 amide bonds. The van der Waals surface area contributed by atoms with Crippen molar-refractivity contribution in [1.82, 2.24) is 4.90 Å². The minimum atomic E-state index is -0.0776. The van der Waals surface area contributed by atoms with Gasteiger partial charge in [-0.2, -0.15) is 0 Å². The number of hydrogen-bond acceptors (Lipinski definition) is 1. The lowest BCUT2D eigenvalue weighted by molar-refractivity contribution is -0.130. The molecule has 1 aromatic rings. The van der Waals surface area contributed by atoms with Gasteiger partial charge in [-0.15, -0.1) is 0 Å². The van der Waals surface area contributed by atoms with Crippen molar-refractivity contribution in [3.63, 3.8) is 0 Å². The first-order valence-electron chi connectivity index (χ1n) is 5.13. The van der Waals surface area contributed by atoms with Crippen molar-refractivity contribution < 1.29 is 4.79 Å². The minimum Gasteiger partial charge on any atom is -0.345 e. The van der Waals surface area contributed by atoms with Gasteiger partial charge in [-0.3, -0.25) is 4.79 Å². The van der Waals surface area contributed by atoms with Crippen LogP contribution in [0.15, 0.2) is 18.2 Å². The fraction of sp³-hybridized carbons (Fsp3) is 0.417. The number of rotatable bonds is 0. The number of fused-ring (bicyclic) bond motifs is 1. The van der Waals surface area contributed by atoms with E-state index in [1.54, 1.807) is 4.90 Å². The van der Waals surface area contributed by atoms with Crippen LogP contribution in [-0.2, 0) is 11.2 Å². The van der Waals surface area contributed by atoms with Gasteiger partial charge in [-0.25, -0.2) is 0 Å². The summed E-state index contributed by atoms with van der Waals surface area (Å²) in [7, 11) is 1.85. The summed E-state index contributed by atoms with van der Waals surface area (Å²) >= 11 is 5.95. The van der Waals surface area contributed by atoms with Crippen LogP contribution in [0.4, 0.5) is 0 Å². The second kappa shape index (κ2) is 3.86. The molecular formula is C12H14ClNO. The summed E-state index contributed by atoms with van der Waals surface area (Å²) in [4.78, 5) is 13.7. The third-order valence-corrected chi connectivity index (χ3v) is 3.27. The normalized spacial score (nSPS) is 21.1. The van der Waals surface area contributed by atoms with Crippen LogP contribution in [0.5, 0.6) is 0 Å². The second-order valence-electron chi connectivity index (χ2n) is 4.07. The summed E-state index contributed by atoms with van der Waals surface area (Å²) < 4.78 is 0. The molecule has 2 nitrogen and oxygen atoms in total. The van der Waals surface area contributed by atoms with Gasteiger partial charge in [0.2, 0.25) is 5.91 Å². The van der Waals surface area contributed by atoms with E-state index in [-0.39, 0.29) is 11.8 Å². The van der Waals surface area contributed by atoms with Crippen molar-refractivity contribution in [3.8, 4) is 0 Å². The predicted molar refractivity (Wildman–Crippen MR) is 61.2 cm³/mol. The summed E-state index contributed by atoms with van der Waals surface area (Å²) in [6.45, 7) is 2.73. The van der Waals surface area contributed by atoms with Gasteiger partial charge < -0.3 is 4.90 Å². The van der Waals surface area contributed by atoms with E-state index in [4.69, 9.17) is 11.6 Å². The fourth-order valence-electron chi connectivity index (χ4n) is 2.06. The molecule has 0 saturated heterocycles. The first-order valence-corrected chi connectivity index (χ1v) is 5.50. The van der Waals surface area contributed by atoms with Gasteiger partial charge in [0.1, 0.15) is 0 Å². The molecule has 80 valence electrons. The van der Waals surface area contributed by atoms with Crippen LogP contribution in [-0.4, -0.2) is 24.4 Å². The summed E-state index contributed by atoms with van der Waals surface area (Å²) in [6, 6.07) is 5.84. The number of benzene rings is 1. The molecule has 0 aliphatic carbocycles. The quantitative estimate of drug-likeness (QED) is 0.662. The first kappa shape index (κ1) is 10.5. The van der Waals surface area contributed by atoms with Gasteiger partial charge in [0.15, 0.2) is 0 Å². The minimum absolute atomic E-state index is 0.0776. The summed E-state index contributed by atoms with van der Waals surface area (Å²) in [5.74, 6) is 0.0993. The molecule has 15 heavy (non-hydrogen) atoms. The van der Waals surface area contributed by atoms with E-state index >= 15 is 0 Å². The Morgan fingerprint density at radius 2 is 2.20 bits per heavy atom. The maximum absolute atomic E-state index is 11.9. The molecule has 1 atom stereocenters. The average Bonchev–Trinajstić information content (AvgIpc) is 2.32. The van der Waals surface area contributed by atoms with Crippen LogP contribution in [0.1, 0.15) is 24.0 Å². The number of carbonyl (C=O) groups excluding carboxylic acids is 1. The lowest BCUT2D eigenvalue weighted by Gasteiger charge is -2.17. The van der Waals surface area contributed by atoms with Crippen LogP contribution in [0.2, 0.25) is 5.02 Å². The molecule has 0 fully saturated rings. The summed E-state index contributed by atoms with van der Waals surface area (Å²) in [6.07, 6.45) is 0.916. The third kappa shape index (κ3) is 1.86. The zero-order valence-electron chi connectivity index (χ0n) is 8.96. The molecule has 1 unspecified atom stereocenters. The number of halogens is 1. The average molecular weight is 224 g/mol. The molecule has 1 heterocycles. The zero-order valence-corrected chi connectivity index (χ0v) is 9.71. The molecule has 0 saturated carbocycles. The van der Waals surface area contributed by atoms with Crippen molar-refractivity contribution in [2.45, 2.75) is 19.3 Å². The molecule has 0 N–H and O–H groups in total. The Bertz CT molecular complexity index is 403. The second-order valence-corrected chi connectivity index (χ2v) is 4.51. The molecule has 0 bridgehead atoms. The van der Waals surface area contributed by atoms with E-state index in [1.165, 1.54) is 5.56 Å². The number of nitrogens with zero attached hydrogens (tertiary/aromatic N) is 1. The highest BCUT2D eigenvalue weighted by molar-refractivity contribution is 6.30. The van der Waals surface area contributed by atoms with Gasteiger partial charge in [-0.05, 0) is 36.6 Å². The number of likely N-dealkylation sites (N-methyl/N-ethyl adjacent to an activating group) is 1. The lowest BCUT2D eigenvalue weighted by Crippen LogP contribution is -2.29. The van der Waals surface area contributed by atoms with E-state index in [0.29, 0.717) is 5.02 Å². The van der Waals surface area contributed by atoms with E-state index in [9.17, 15) is 4.79 Å². The lowest BCUT2D eigenvalue weighted by atomic mass is 9.95. The van der Waals surface area contributed by atoms with Crippen LogP contribution >= 0.6 is 11.6 Å². The van der Waals surface area contributed by atoms with Crippen LogP contribution in [0.25, 0.3) is 0 Å². The molecule has 2 rings (SSSR count). The number of amides is 1. The number of hydrogen-bond donors (Lipinski definition) is 0. The van der Waals surface area contributed by atoms with Crippen molar-refractivity contribution in [3.05, 3.63) is 34.3 Å². The highest BCUT2D eigenvalue weighted by Crippen LogP contribution is 2.28. The van der Waals surface area contributed by atoms with Gasteiger partial charge >= 0.3 is 0 Å². The largest absolute Gasteiger partial charge is 0.345 e. The smallest absolute Gasteiger partial charge is 0.229 e. The monoisotopic (exact) mass is 223 g/mol. The van der Waals surface area contributed by atoms with Crippen molar-refractivity contribution >= 4 is 17.5 Å². The Balaban J connectivity index is 2.48. The third-order valence-electron chi connectivity index (χ3n) is 3.04. The maximum atomic E-state index is 11.9. The molecule has 1 aliphatic heterocycles. The SMILES string of the molecule is CC1C(=O)N(C)CCc2ccc(Cl)cc21. The Kier molecular flexibility index (Phi) is 2.70. The Morgan fingerprint density at radius 1 is 1.47 bits per heavy atom. The Hall–Kier alpha value is -1.02. The number of carbonyl (C=O) groups is 1. The van der Waals surface area contributed by atoms with Gasteiger partial charge in [0.05, 0.1) is 5.92 Å². The van der Waals surface area contributed by atoms with E-state index < -0.39 is 0 Å². The molecule has 1 aliphatic rings. The zero-order chi connectivity index (χ0) is 11.0. The molecule has 1 aromatic carbocycles. The highest BCUT2D eigenvalue weighted by atomic mass is 35.5.